The second-order valence-corrected chi connectivity index (χ2v) is 29.9. The number of guanidine groups is 2. The van der Waals surface area contributed by atoms with E-state index in [1.54, 1.807) is 9.80 Å². The number of hydrogen-bond donors (Lipinski definition) is 20. The molecule has 0 spiro atoms. The molecule has 6 rings (SSSR count). The molecule has 0 aromatic heterocycles. The van der Waals surface area contributed by atoms with Gasteiger partial charge in [0.25, 0.3) is 11.8 Å². The number of carbonyl (C=O) groups is 16. The molecule has 4 aliphatic rings. The quantitative estimate of drug-likeness (QED) is 0.0130. The molecule has 4 fully saturated rings. The first kappa shape index (κ1) is 102. The average Bonchev–Trinajstić information content (AvgIpc) is 1.73. The fourth-order valence-electron chi connectivity index (χ4n) is 14.2. The number of carbonyl (C=O) groups excluding carboxylic acids is 12. The van der Waals surface area contributed by atoms with Gasteiger partial charge in [0.2, 0.25) is 47.3 Å². The van der Waals surface area contributed by atoms with Crippen molar-refractivity contribution < 1.29 is 134 Å². The van der Waals surface area contributed by atoms with Crippen LogP contribution < -0.4 is 76.9 Å². The largest absolute Gasteiger partial charge is 2.00 e. The number of aromatic hydroxyl groups is 2. The molecule has 4 saturated heterocycles. The van der Waals surface area contributed by atoms with E-state index < -0.39 is 207 Å². The van der Waals surface area contributed by atoms with Gasteiger partial charge in [-0.15, -0.1) is 0 Å². The summed E-state index contributed by atoms with van der Waals surface area (Å²) in [5.41, 5.74) is 34.8. The minimum atomic E-state index is -1.84. The van der Waals surface area contributed by atoms with Crippen LogP contribution in [0.1, 0.15) is 127 Å². The number of aliphatic carboxylic acids is 4. The SMILES string of the molecule is NCCCC[C@@H]1NC(=O)[C@@H](Cc2ccc(O)cc2)NC(=O)[C@H](CC(=O)O)NC(=O)CNC(=O)[C@H](CCCN=C(N)N)N(OC(=O)CC[C@H](C(=O)O)N2CCCN3CCN(CCCN([C@@H](CCC(=O)ON4C(=O)[C@H](CCCCN)NC(=O)[C@@H](Cc5ccc(O)cc5)NC(=O)[C@H](CC(=O)O)NC(=O)CNC(=O)[C@@H]4CCCN=C(N)N)C(=O)O)CC3)CC2)C1=O.[64Cu+2]. The molecular weight excluding hydrogens is 1670 g/mol. The number of aliphatic imine (C=N–C) groups is 2. The fraction of sp³-hybridized carbons (Fsp3) is 0.605. The van der Waals surface area contributed by atoms with Crippen LogP contribution in [-0.4, -0.2) is 332 Å². The molecule has 47 heteroatoms. The minimum Gasteiger partial charge on any atom is -0.508 e. The molecule has 0 aliphatic carbocycles. The number of carboxylic acid groups (broad SMARTS) is 4. The van der Waals surface area contributed by atoms with Crippen molar-refractivity contribution >= 4 is 107 Å². The summed E-state index contributed by atoms with van der Waals surface area (Å²) in [5, 5.41) is 81.7. The van der Waals surface area contributed by atoms with Crippen molar-refractivity contribution in [2.45, 2.75) is 189 Å². The van der Waals surface area contributed by atoms with E-state index in [9.17, 15) is 97.8 Å². The first-order valence-corrected chi connectivity index (χ1v) is 40.5. The van der Waals surface area contributed by atoms with E-state index in [1.807, 2.05) is 0 Å². The van der Waals surface area contributed by atoms with Crippen LogP contribution in [0.5, 0.6) is 11.5 Å². The molecule has 26 N–H and O–H groups in total. The van der Waals surface area contributed by atoms with Crippen LogP contribution in [-0.2, 0) is 116 Å². The van der Waals surface area contributed by atoms with E-state index in [0.717, 1.165) is 0 Å². The Kier molecular flexibility index (Phi) is 43.6. The Bertz CT molecular complexity index is 3740. The zero-order valence-corrected chi connectivity index (χ0v) is 69.2. The molecule has 12 atom stereocenters. The minimum absolute atomic E-state index is 0. The van der Waals surface area contributed by atoms with Crippen molar-refractivity contribution in [1.29, 1.82) is 0 Å². The molecule has 46 nitrogen and oxygen atoms in total. The van der Waals surface area contributed by atoms with Gasteiger partial charge in [-0.1, -0.05) is 24.3 Å². The molecule has 4 aliphatic heterocycles. The number of unbranched alkanes of at least 4 members (excludes halogenated alkanes) is 2. The third kappa shape index (κ3) is 35.4. The molecule has 2 aromatic carbocycles. The van der Waals surface area contributed by atoms with Gasteiger partial charge in [0.1, 0.15) is 71.9 Å². The van der Waals surface area contributed by atoms with Crippen LogP contribution >= 0.6 is 0 Å². The predicted octanol–water partition coefficient (Wildman–Crippen LogP) is -6.84. The number of hydrogen-bond acceptors (Lipinski definition) is 28. The normalized spacial score (nSPS) is 23.0. The summed E-state index contributed by atoms with van der Waals surface area (Å²) in [6.07, 6.45) is -4.78. The number of amides is 10. The van der Waals surface area contributed by atoms with E-state index in [4.69, 9.17) is 44.1 Å². The Hall–Kier alpha value is -11.6. The Morgan fingerprint density at radius 1 is 0.423 bits per heavy atom. The summed E-state index contributed by atoms with van der Waals surface area (Å²) in [4.78, 5) is 251. The van der Waals surface area contributed by atoms with E-state index in [-0.39, 0.29) is 183 Å². The topological polar surface area (TPSA) is 709 Å². The Morgan fingerprint density at radius 2 is 0.764 bits per heavy atom. The van der Waals surface area contributed by atoms with Crippen molar-refractivity contribution in [3.05, 3.63) is 59.7 Å². The van der Waals surface area contributed by atoms with Crippen molar-refractivity contribution in [3.8, 4) is 11.5 Å². The second-order valence-electron chi connectivity index (χ2n) is 29.9. The molecule has 123 heavy (non-hydrogen) atoms. The Labute approximate surface area is 719 Å². The number of fused-ring (bicyclic) bond motifs is 3. The molecule has 4 heterocycles. The van der Waals surface area contributed by atoms with Gasteiger partial charge in [-0.25, -0.2) is 9.59 Å². The molecule has 2 unspecified atom stereocenters. The van der Waals surface area contributed by atoms with Gasteiger partial charge in [-0.3, -0.25) is 86.9 Å². The van der Waals surface area contributed by atoms with Gasteiger partial charge in [0.15, 0.2) is 11.9 Å². The van der Waals surface area contributed by atoms with Crippen LogP contribution in [0.15, 0.2) is 58.5 Å². The Morgan fingerprint density at radius 3 is 1.10 bits per heavy atom. The number of benzene rings is 2. The molecule has 2 bridgehead atoms. The van der Waals surface area contributed by atoms with E-state index in [0.29, 0.717) is 60.3 Å². The number of phenolic OH excluding ortho intramolecular Hbond substituents is 2. The summed E-state index contributed by atoms with van der Waals surface area (Å²) in [7, 11) is 0. The predicted molar refractivity (Wildman–Crippen MR) is 431 cm³/mol. The second kappa shape index (κ2) is 52.6. The van der Waals surface area contributed by atoms with Crippen LogP contribution in [0.25, 0.3) is 0 Å². The monoisotopic (exact) mass is 1780 g/mol. The van der Waals surface area contributed by atoms with Gasteiger partial charge < -0.3 is 127 Å². The van der Waals surface area contributed by atoms with Crippen LogP contribution in [0.2, 0.25) is 0 Å². The average molecular weight is 1790 g/mol. The smallest absolute Gasteiger partial charge is 0.508 e. The maximum atomic E-state index is 15.3. The van der Waals surface area contributed by atoms with Crippen molar-refractivity contribution in [1.82, 2.24) is 72.3 Å². The third-order valence-corrected chi connectivity index (χ3v) is 20.6. The molecular formula is C76H116CuN22O24+2. The van der Waals surface area contributed by atoms with Gasteiger partial charge in [-0.2, -0.15) is 10.1 Å². The van der Waals surface area contributed by atoms with E-state index in [1.165, 1.54) is 48.5 Å². The first-order valence-electron chi connectivity index (χ1n) is 40.5. The summed E-state index contributed by atoms with van der Waals surface area (Å²) < 4.78 is 0. The van der Waals surface area contributed by atoms with E-state index >= 15 is 9.59 Å². The number of nitrogens with one attached hydrogen (secondary N) is 8. The number of phenols is 2. The van der Waals surface area contributed by atoms with Crippen LogP contribution in [0.3, 0.4) is 0 Å². The van der Waals surface area contributed by atoms with Crippen LogP contribution in [0.4, 0.5) is 0 Å². The third-order valence-electron chi connectivity index (χ3n) is 20.6. The maximum Gasteiger partial charge on any atom is 2.00 e. The number of hydroxylamine groups is 4. The van der Waals surface area contributed by atoms with Gasteiger partial charge in [-0.05, 0) is 151 Å². The summed E-state index contributed by atoms with van der Waals surface area (Å²) >= 11 is 0. The fourth-order valence-corrected chi connectivity index (χ4v) is 14.2. The van der Waals surface area contributed by atoms with E-state index in [2.05, 4.69) is 62.3 Å². The molecule has 1 radical (unpaired) electrons. The van der Waals surface area contributed by atoms with Crippen molar-refractivity contribution in [3.63, 3.8) is 0 Å². The zero-order valence-electron chi connectivity index (χ0n) is 68.2. The maximum absolute atomic E-state index is 15.3. The van der Waals surface area contributed by atoms with Crippen molar-refractivity contribution in [2.24, 2.45) is 44.4 Å². The summed E-state index contributed by atoms with van der Waals surface area (Å²) in [5.74, 6) is -20.3. The number of rotatable bonds is 36. The number of nitrogens with two attached hydrogens (primary N) is 6. The summed E-state index contributed by atoms with van der Waals surface area (Å²) in [6, 6.07) is -5.74. The van der Waals surface area contributed by atoms with Crippen molar-refractivity contribution in [2.75, 3.05) is 105 Å². The molecule has 2 aromatic rings. The molecule has 0 saturated carbocycles. The van der Waals surface area contributed by atoms with Gasteiger partial charge >= 0.3 is 52.9 Å². The standard InChI is InChI=1S/C76H116N22O24.Cu/c77-25-3-1-9-49-71(115)97(55(11-5-27-83-75(79)80)69(113)85-43-59(101)87-53(41-61(103)104)67(111)91-51(65(109)89-49)39-45-13-17-47(99)18-14-45)121-63(107)23-21-57(73(117)118)95-31-7-29-94-34-33-93(35-37-95)30-8-32-96(38-36-94)58(74(119)120)22-24-64(108)122-98-56(12-6-28-84-76(81)82)70(114)86-44-60(102)88-54(42-62(105)106)68(112)92-52(40-46-15-19-48(100)20-16-46)66(110)90-50(72(98)116)10-2-4-26-78;/h13-20,49-58,99-100H,1-12,21-44,77-78H2,(H,85,113)(H,86,114)(H,87,101)(H,88,102)(H,89,109)(H,90,110)(H,91,111)(H,92,112)(H,103,104)(H,105,106)(H,117,118)(H,119,120)(H4,79,80,83)(H4,81,82,84);/q;+2/t49-,50-,51+,52+,53-,54-,55-,56-,57-,58+;/m0./s1/i;1+0. The Balaban J connectivity index is 0.0000269. The number of nitrogens with zero attached hydrogens (tertiary/aromatic N) is 8. The first-order chi connectivity index (χ1) is 58.1. The zero-order chi connectivity index (χ0) is 89.5. The van der Waals surface area contributed by atoms with Gasteiger partial charge in [0, 0.05) is 78.3 Å². The summed E-state index contributed by atoms with van der Waals surface area (Å²) in [6.45, 7) is 0.679. The number of carboxylic acids is 4. The van der Waals surface area contributed by atoms with Crippen LogP contribution in [0, 0.1) is 0 Å². The molecule has 683 valence electrons. The van der Waals surface area contributed by atoms with Gasteiger partial charge in [0.05, 0.1) is 38.8 Å². The molecule has 10 amide bonds.